The first-order valence-corrected chi connectivity index (χ1v) is 6.96. The van der Waals surface area contributed by atoms with E-state index in [1.165, 1.54) is 0 Å². The lowest BCUT2D eigenvalue weighted by atomic mass is 10.3. The van der Waals surface area contributed by atoms with Crippen molar-refractivity contribution < 1.29 is 13.5 Å². The first-order chi connectivity index (χ1) is 6.53. The van der Waals surface area contributed by atoms with Gasteiger partial charge in [0.25, 0.3) is 0 Å². The van der Waals surface area contributed by atoms with Gasteiger partial charge in [-0.2, -0.15) is 0 Å². The van der Waals surface area contributed by atoms with Crippen LogP contribution < -0.4 is 0 Å². The molecule has 1 N–H and O–H groups in total. The predicted octanol–water partition coefficient (Wildman–Crippen LogP) is -0.122. The Morgan fingerprint density at radius 3 is 2.64 bits per heavy atom. The summed E-state index contributed by atoms with van der Waals surface area (Å²) in [7, 11) is -2.86. The highest BCUT2D eigenvalue weighted by Crippen LogP contribution is 2.08. The molecular formula is C9H19NO3S. The van der Waals surface area contributed by atoms with Crippen molar-refractivity contribution in [1.82, 2.24) is 4.90 Å². The Morgan fingerprint density at radius 1 is 1.43 bits per heavy atom. The molecule has 0 radical (unpaired) electrons. The molecule has 0 amide bonds. The van der Waals surface area contributed by atoms with Crippen LogP contribution in [0.5, 0.6) is 0 Å². The summed E-state index contributed by atoms with van der Waals surface area (Å²) >= 11 is 0. The lowest BCUT2D eigenvalue weighted by Crippen LogP contribution is -2.29. The molecule has 0 aliphatic carbocycles. The Balaban J connectivity index is 2.26. The second-order valence-corrected chi connectivity index (χ2v) is 6.20. The van der Waals surface area contributed by atoms with E-state index in [1.807, 2.05) is 11.8 Å². The molecule has 0 aromatic heterocycles. The van der Waals surface area contributed by atoms with E-state index >= 15 is 0 Å². The number of hydrogen-bond acceptors (Lipinski definition) is 4. The third kappa shape index (κ3) is 3.94. The molecule has 84 valence electrons. The van der Waals surface area contributed by atoms with Crippen LogP contribution in [0.15, 0.2) is 0 Å². The predicted molar refractivity (Wildman–Crippen MR) is 56.0 cm³/mol. The van der Waals surface area contributed by atoms with Crippen LogP contribution in [-0.2, 0) is 9.84 Å². The second-order valence-electron chi connectivity index (χ2n) is 3.89. The van der Waals surface area contributed by atoms with Crippen LogP contribution in [0.25, 0.3) is 0 Å². The molecule has 1 aliphatic heterocycles. The largest absolute Gasteiger partial charge is 0.392 e. The summed E-state index contributed by atoms with van der Waals surface area (Å²) < 4.78 is 22.8. The van der Waals surface area contributed by atoms with Gasteiger partial charge < -0.3 is 5.11 Å². The quantitative estimate of drug-likeness (QED) is 0.703. The monoisotopic (exact) mass is 221 g/mol. The normalized spacial score (nSPS) is 24.3. The summed E-state index contributed by atoms with van der Waals surface area (Å²) in [6.07, 6.45) is 1.20. The average Bonchev–Trinajstić information content (AvgIpc) is 2.48. The zero-order chi connectivity index (χ0) is 10.6. The number of rotatable bonds is 5. The SMILES string of the molecule is CCCS(=O)(=O)CCN1CCC(O)C1. The summed E-state index contributed by atoms with van der Waals surface area (Å²) in [5.74, 6) is 0.511. The van der Waals surface area contributed by atoms with Crippen molar-refractivity contribution in [2.45, 2.75) is 25.9 Å². The first-order valence-electron chi connectivity index (χ1n) is 5.14. The highest BCUT2D eigenvalue weighted by Gasteiger charge is 2.21. The molecule has 1 fully saturated rings. The van der Waals surface area contributed by atoms with E-state index in [4.69, 9.17) is 0 Å². The minimum Gasteiger partial charge on any atom is -0.392 e. The van der Waals surface area contributed by atoms with E-state index < -0.39 is 9.84 Å². The van der Waals surface area contributed by atoms with E-state index in [2.05, 4.69) is 0 Å². The summed E-state index contributed by atoms with van der Waals surface area (Å²) in [6.45, 7) is 3.89. The average molecular weight is 221 g/mol. The van der Waals surface area contributed by atoms with E-state index in [0.29, 0.717) is 19.5 Å². The molecule has 1 aliphatic rings. The molecular weight excluding hydrogens is 202 g/mol. The molecule has 1 heterocycles. The number of β-amino-alcohol motifs (C(OH)–C–C–N with tert-alkyl or cyclic N) is 1. The number of nitrogens with zero attached hydrogens (tertiary/aromatic N) is 1. The third-order valence-corrected chi connectivity index (χ3v) is 4.32. The zero-order valence-electron chi connectivity index (χ0n) is 8.65. The van der Waals surface area contributed by atoms with Gasteiger partial charge in [-0.15, -0.1) is 0 Å². The molecule has 0 spiro atoms. The Morgan fingerprint density at radius 2 is 2.14 bits per heavy atom. The maximum absolute atomic E-state index is 11.4. The van der Waals surface area contributed by atoms with Gasteiger partial charge in [0.15, 0.2) is 9.84 Å². The Labute approximate surface area is 85.8 Å². The van der Waals surface area contributed by atoms with Gasteiger partial charge in [0.1, 0.15) is 0 Å². The Kier molecular flexibility index (Phi) is 4.34. The topological polar surface area (TPSA) is 57.6 Å². The number of sulfone groups is 1. The molecule has 0 bridgehead atoms. The molecule has 1 rings (SSSR count). The maximum atomic E-state index is 11.4. The van der Waals surface area contributed by atoms with Crippen molar-refractivity contribution in [1.29, 1.82) is 0 Å². The van der Waals surface area contributed by atoms with Gasteiger partial charge in [0, 0.05) is 25.4 Å². The van der Waals surface area contributed by atoms with Crippen LogP contribution in [0.4, 0.5) is 0 Å². The van der Waals surface area contributed by atoms with Crippen molar-refractivity contribution in [3.05, 3.63) is 0 Å². The molecule has 0 aromatic rings. The highest BCUT2D eigenvalue weighted by molar-refractivity contribution is 7.91. The summed E-state index contributed by atoms with van der Waals surface area (Å²) in [5.41, 5.74) is 0. The number of likely N-dealkylation sites (tertiary alicyclic amines) is 1. The van der Waals surface area contributed by atoms with Gasteiger partial charge in [-0.05, 0) is 12.8 Å². The molecule has 1 saturated heterocycles. The fourth-order valence-electron chi connectivity index (χ4n) is 1.70. The minimum atomic E-state index is -2.86. The van der Waals surface area contributed by atoms with E-state index in [0.717, 1.165) is 13.0 Å². The van der Waals surface area contributed by atoms with Crippen molar-refractivity contribution in [2.24, 2.45) is 0 Å². The highest BCUT2D eigenvalue weighted by atomic mass is 32.2. The number of hydrogen-bond donors (Lipinski definition) is 1. The fraction of sp³-hybridized carbons (Fsp3) is 1.00. The molecule has 5 heteroatoms. The molecule has 4 nitrogen and oxygen atoms in total. The fourth-order valence-corrected chi connectivity index (χ4v) is 3.06. The van der Waals surface area contributed by atoms with Crippen LogP contribution in [0.2, 0.25) is 0 Å². The van der Waals surface area contributed by atoms with E-state index in [-0.39, 0.29) is 17.6 Å². The standard InChI is InChI=1S/C9H19NO3S/c1-2-6-14(12,13)7-5-10-4-3-9(11)8-10/h9,11H,2-8H2,1H3. The van der Waals surface area contributed by atoms with Crippen molar-refractivity contribution in [3.63, 3.8) is 0 Å². The Bertz CT molecular complexity index is 263. The van der Waals surface area contributed by atoms with Crippen LogP contribution in [-0.4, -0.2) is 55.7 Å². The maximum Gasteiger partial charge on any atom is 0.151 e. The number of aliphatic hydroxyl groups excluding tert-OH is 1. The summed E-state index contributed by atoms with van der Waals surface area (Å²) in [4.78, 5) is 2.01. The molecule has 0 aromatic carbocycles. The van der Waals surface area contributed by atoms with Crippen molar-refractivity contribution >= 4 is 9.84 Å². The molecule has 14 heavy (non-hydrogen) atoms. The zero-order valence-corrected chi connectivity index (χ0v) is 9.46. The van der Waals surface area contributed by atoms with Crippen molar-refractivity contribution in [3.8, 4) is 0 Å². The van der Waals surface area contributed by atoms with Gasteiger partial charge in [-0.25, -0.2) is 8.42 Å². The van der Waals surface area contributed by atoms with Gasteiger partial charge in [-0.3, -0.25) is 4.90 Å². The van der Waals surface area contributed by atoms with Crippen LogP contribution in [0.3, 0.4) is 0 Å². The van der Waals surface area contributed by atoms with Gasteiger partial charge in [0.2, 0.25) is 0 Å². The molecule has 1 atom stereocenters. The lowest BCUT2D eigenvalue weighted by molar-refractivity contribution is 0.178. The second kappa shape index (κ2) is 5.09. The van der Waals surface area contributed by atoms with Gasteiger partial charge in [0.05, 0.1) is 11.9 Å². The van der Waals surface area contributed by atoms with Crippen LogP contribution in [0, 0.1) is 0 Å². The summed E-state index contributed by atoms with van der Waals surface area (Å²) in [6, 6.07) is 0. The number of aliphatic hydroxyl groups is 1. The van der Waals surface area contributed by atoms with Crippen molar-refractivity contribution in [2.75, 3.05) is 31.1 Å². The Hall–Kier alpha value is -0.130. The van der Waals surface area contributed by atoms with E-state index in [1.54, 1.807) is 0 Å². The smallest absolute Gasteiger partial charge is 0.151 e. The van der Waals surface area contributed by atoms with Gasteiger partial charge >= 0.3 is 0 Å². The van der Waals surface area contributed by atoms with Crippen LogP contribution >= 0.6 is 0 Å². The first kappa shape index (κ1) is 11.9. The van der Waals surface area contributed by atoms with Crippen LogP contribution in [0.1, 0.15) is 19.8 Å². The minimum absolute atomic E-state index is 0.230. The third-order valence-electron chi connectivity index (χ3n) is 2.48. The summed E-state index contributed by atoms with van der Waals surface area (Å²) in [5, 5.41) is 9.24. The lowest BCUT2D eigenvalue weighted by Gasteiger charge is -2.14. The van der Waals surface area contributed by atoms with E-state index in [9.17, 15) is 13.5 Å². The molecule has 0 saturated carbocycles. The molecule has 1 unspecified atom stereocenters. The van der Waals surface area contributed by atoms with Gasteiger partial charge in [-0.1, -0.05) is 6.92 Å².